The van der Waals surface area contributed by atoms with Gasteiger partial charge in [-0.25, -0.2) is 13.2 Å². The van der Waals surface area contributed by atoms with Crippen molar-refractivity contribution in [1.82, 2.24) is 4.90 Å². The first-order valence-corrected chi connectivity index (χ1v) is 15.0. The summed E-state index contributed by atoms with van der Waals surface area (Å²) >= 11 is 0. The molecule has 1 aliphatic heterocycles. The van der Waals surface area contributed by atoms with Gasteiger partial charge in [0.1, 0.15) is 0 Å². The number of amides is 2. The quantitative estimate of drug-likeness (QED) is 0.240. The molecule has 0 bridgehead atoms. The molecule has 0 aliphatic carbocycles. The normalized spacial score (nSPS) is 13.7. The Morgan fingerprint density at radius 1 is 0.952 bits per heavy atom. The lowest BCUT2D eigenvalue weighted by Gasteiger charge is -2.24. The lowest BCUT2D eigenvalue weighted by Crippen LogP contribution is -2.35. The highest BCUT2D eigenvalue weighted by atomic mass is 32.2. The standard InChI is InChI=1S/C30H33N5O6S/c1-6-41-30(38)20-12-14-22-23(16-20)32-29(37)27(22)28(19-10-8-7-9-11-19)31-21-13-15-25(24(17-21)33-42(5,39)40)35(4)26(36)18-34(2)3/h7-17,31,33H,6,18H2,1-5H3,(H,32,37)/b28-27-. The van der Waals surface area contributed by atoms with Gasteiger partial charge in [-0.2, -0.15) is 0 Å². The molecule has 1 heterocycles. The van der Waals surface area contributed by atoms with Crippen molar-refractivity contribution in [3.05, 3.63) is 83.4 Å². The van der Waals surface area contributed by atoms with Crippen LogP contribution in [0.1, 0.15) is 28.4 Å². The molecule has 42 heavy (non-hydrogen) atoms. The molecular formula is C30H33N5O6S. The van der Waals surface area contributed by atoms with Crippen molar-refractivity contribution < 1.29 is 27.5 Å². The van der Waals surface area contributed by atoms with Gasteiger partial charge in [0, 0.05) is 18.3 Å². The van der Waals surface area contributed by atoms with Gasteiger partial charge in [-0.15, -0.1) is 0 Å². The van der Waals surface area contributed by atoms with E-state index >= 15 is 0 Å². The topological polar surface area (TPSA) is 137 Å². The summed E-state index contributed by atoms with van der Waals surface area (Å²) in [6, 6.07) is 18.9. The summed E-state index contributed by atoms with van der Waals surface area (Å²) in [7, 11) is 1.41. The summed E-state index contributed by atoms with van der Waals surface area (Å²) in [6.07, 6.45) is 1.03. The third kappa shape index (κ3) is 6.96. The van der Waals surface area contributed by atoms with Gasteiger partial charge in [-0.3, -0.25) is 14.3 Å². The number of hydrogen-bond donors (Lipinski definition) is 3. The molecule has 0 aromatic heterocycles. The molecule has 0 saturated heterocycles. The zero-order valence-electron chi connectivity index (χ0n) is 24.0. The van der Waals surface area contributed by atoms with E-state index in [2.05, 4.69) is 15.4 Å². The third-order valence-corrected chi connectivity index (χ3v) is 6.93. The van der Waals surface area contributed by atoms with Crippen LogP contribution in [0.4, 0.5) is 22.7 Å². The summed E-state index contributed by atoms with van der Waals surface area (Å²) in [5, 5.41) is 6.13. The number of benzene rings is 3. The minimum Gasteiger partial charge on any atom is -0.462 e. The second-order valence-corrected chi connectivity index (χ2v) is 11.7. The third-order valence-electron chi connectivity index (χ3n) is 6.34. The molecule has 3 N–H and O–H groups in total. The molecule has 0 fully saturated rings. The minimum absolute atomic E-state index is 0.130. The molecule has 0 radical (unpaired) electrons. The van der Waals surface area contributed by atoms with Gasteiger partial charge in [-0.05, 0) is 56.9 Å². The molecule has 0 saturated carbocycles. The molecule has 0 atom stereocenters. The van der Waals surface area contributed by atoms with E-state index in [9.17, 15) is 22.8 Å². The maximum Gasteiger partial charge on any atom is 0.338 e. The fourth-order valence-electron chi connectivity index (χ4n) is 4.49. The number of ether oxygens (including phenoxy) is 1. The second kappa shape index (κ2) is 12.5. The Bertz CT molecular complexity index is 1670. The molecule has 0 unspecified atom stereocenters. The molecule has 12 heteroatoms. The predicted molar refractivity (Wildman–Crippen MR) is 165 cm³/mol. The van der Waals surface area contributed by atoms with Crippen LogP contribution in [-0.4, -0.2) is 71.7 Å². The zero-order chi connectivity index (χ0) is 30.6. The van der Waals surface area contributed by atoms with E-state index in [-0.39, 0.29) is 30.7 Å². The average Bonchev–Trinajstić information content (AvgIpc) is 3.25. The lowest BCUT2D eigenvalue weighted by molar-refractivity contribution is -0.119. The zero-order valence-corrected chi connectivity index (χ0v) is 24.8. The van der Waals surface area contributed by atoms with Gasteiger partial charge < -0.3 is 25.2 Å². The summed E-state index contributed by atoms with van der Waals surface area (Å²) in [5.41, 5.74) is 3.88. The highest BCUT2D eigenvalue weighted by molar-refractivity contribution is 7.92. The number of carbonyl (C=O) groups is 3. The van der Waals surface area contributed by atoms with Crippen molar-refractivity contribution in [2.45, 2.75) is 6.92 Å². The van der Waals surface area contributed by atoms with Crippen molar-refractivity contribution in [1.29, 1.82) is 0 Å². The van der Waals surface area contributed by atoms with E-state index in [0.717, 1.165) is 6.26 Å². The van der Waals surface area contributed by atoms with Crippen molar-refractivity contribution in [2.75, 3.05) is 60.8 Å². The smallest absolute Gasteiger partial charge is 0.338 e. The van der Waals surface area contributed by atoms with Gasteiger partial charge in [0.05, 0.1) is 53.3 Å². The summed E-state index contributed by atoms with van der Waals surface area (Å²) in [4.78, 5) is 41.5. The van der Waals surface area contributed by atoms with Crippen LogP contribution in [0.25, 0.3) is 11.3 Å². The van der Waals surface area contributed by atoms with Crippen LogP contribution in [0.5, 0.6) is 0 Å². The predicted octanol–water partition coefficient (Wildman–Crippen LogP) is 3.69. The van der Waals surface area contributed by atoms with Crippen LogP contribution in [0.2, 0.25) is 0 Å². The molecule has 1 aliphatic rings. The van der Waals surface area contributed by atoms with Gasteiger partial charge in [0.25, 0.3) is 5.91 Å². The molecular weight excluding hydrogens is 558 g/mol. The Labute approximate surface area is 245 Å². The number of nitrogens with zero attached hydrogens (tertiary/aromatic N) is 2. The van der Waals surface area contributed by atoms with Gasteiger partial charge in [0.15, 0.2) is 0 Å². The Kier molecular flexibility index (Phi) is 8.98. The number of hydrogen-bond acceptors (Lipinski definition) is 8. The van der Waals surface area contributed by atoms with Crippen LogP contribution in [0.3, 0.4) is 0 Å². The number of anilines is 4. The summed E-state index contributed by atoms with van der Waals surface area (Å²) in [5.74, 6) is -1.10. The van der Waals surface area contributed by atoms with Crippen LogP contribution < -0.4 is 20.3 Å². The van der Waals surface area contributed by atoms with Gasteiger partial charge in [0.2, 0.25) is 15.9 Å². The number of nitrogens with one attached hydrogen (secondary N) is 3. The molecule has 2 amide bonds. The molecule has 3 aromatic rings. The van der Waals surface area contributed by atoms with Gasteiger partial charge in [-0.1, -0.05) is 36.4 Å². The van der Waals surface area contributed by atoms with E-state index in [4.69, 9.17) is 4.74 Å². The van der Waals surface area contributed by atoms with Crippen LogP contribution >= 0.6 is 0 Å². The van der Waals surface area contributed by atoms with Crippen molar-refractivity contribution >= 4 is 61.8 Å². The molecule has 0 spiro atoms. The van der Waals surface area contributed by atoms with E-state index < -0.39 is 16.0 Å². The second-order valence-electron chi connectivity index (χ2n) is 9.97. The SMILES string of the molecule is CCOC(=O)c1ccc2c(c1)NC(=O)/C2=C(\Nc1ccc(N(C)C(=O)CN(C)C)c(NS(C)(=O)=O)c1)c1ccccc1. The summed E-state index contributed by atoms with van der Waals surface area (Å²) < 4.78 is 32.1. The Hall–Kier alpha value is -4.68. The highest BCUT2D eigenvalue weighted by Crippen LogP contribution is 2.39. The van der Waals surface area contributed by atoms with E-state index in [1.807, 2.05) is 30.3 Å². The number of esters is 1. The fourth-order valence-corrected chi connectivity index (χ4v) is 5.05. The van der Waals surface area contributed by atoms with Crippen LogP contribution in [0.15, 0.2) is 66.7 Å². The van der Waals surface area contributed by atoms with Crippen molar-refractivity contribution in [3.8, 4) is 0 Å². The average molecular weight is 592 g/mol. The van der Waals surface area contributed by atoms with E-state index in [0.29, 0.717) is 45.0 Å². The Balaban J connectivity index is 1.82. The van der Waals surface area contributed by atoms with Crippen molar-refractivity contribution in [2.24, 2.45) is 0 Å². The Morgan fingerprint density at radius 3 is 2.31 bits per heavy atom. The molecule has 3 aromatic carbocycles. The number of carbonyl (C=O) groups excluding carboxylic acids is 3. The van der Waals surface area contributed by atoms with E-state index in [1.54, 1.807) is 69.4 Å². The number of rotatable bonds is 10. The summed E-state index contributed by atoms with van der Waals surface area (Å²) in [6.45, 7) is 2.07. The first-order valence-electron chi connectivity index (χ1n) is 13.1. The van der Waals surface area contributed by atoms with Gasteiger partial charge >= 0.3 is 5.97 Å². The minimum atomic E-state index is -3.70. The maximum atomic E-state index is 13.3. The lowest BCUT2D eigenvalue weighted by atomic mass is 9.99. The number of sulfonamides is 1. The highest BCUT2D eigenvalue weighted by Gasteiger charge is 2.30. The van der Waals surface area contributed by atoms with E-state index in [1.165, 1.54) is 4.90 Å². The Morgan fingerprint density at radius 2 is 1.67 bits per heavy atom. The first-order chi connectivity index (χ1) is 19.9. The number of likely N-dealkylation sites (N-methyl/N-ethyl adjacent to an activating group) is 2. The number of fused-ring (bicyclic) bond motifs is 1. The van der Waals surface area contributed by atoms with Crippen LogP contribution in [0, 0.1) is 0 Å². The first kappa shape index (κ1) is 30.3. The largest absolute Gasteiger partial charge is 0.462 e. The maximum absolute atomic E-state index is 13.3. The van der Waals surface area contributed by atoms with Crippen LogP contribution in [-0.2, 0) is 24.3 Å². The molecule has 220 valence electrons. The molecule has 4 rings (SSSR count). The fraction of sp³-hybridized carbons (Fsp3) is 0.233. The molecule has 11 nitrogen and oxygen atoms in total. The monoisotopic (exact) mass is 591 g/mol. The van der Waals surface area contributed by atoms with Crippen molar-refractivity contribution in [3.63, 3.8) is 0 Å².